The van der Waals surface area contributed by atoms with Crippen LogP contribution < -0.4 is 53.3 Å². The van der Waals surface area contributed by atoms with Crippen molar-refractivity contribution >= 4 is 52.6 Å². The van der Waals surface area contributed by atoms with Crippen molar-refractivity contribution in [3.8, 4) is 11.8 Å². The van der Waals surface area contributed by atoms with E-state index in [-0.39, 0.29) is 35.6 Å². The predicted molar refractivity (Wildman–Crippen MR) is 231 cm³/mol. The third-order valence-electron chi connectivity index (χ3n) is 9.57. The quantitative estimate of drug-likeness (QED) is 0.0767. The van der Waals surface area contributed by atoms with E-state index in [1.165, 1.54) is 0 Å². The van der Waals surface area contributed by atoms with Crippen molar-refractivity contribution in [1.82, 2.24) is 35.7 Å². The Bertz CT molecular complexity index is 2100. The molecular formula is C41H58N14O6. The van der Waals surface area contributed by atoms with Crippen molar-refractivity contribution in [3.05, 3.63) is 59.9 Å². The van der Waals surface area contributed by atoms with Gasteiger partial charge in [0.1, 0.15) is 17.2 Å². The average Bonchev–Trinajstić information content (AvgIpc) is 3.20. The number of rotatable bonds is 15. The summed E-state index contributed by atoms with van der Waals surface area (Å²) in [5, 5.41) is 32.0. The molecule has 0 spiro atoms. The zero-order valence-corrected chi connectivity index (χ0v) is 35.4. The van der Waals surface area contributed by atoms with Crippen LogP contribution in [-0.2, 0) is 4.74 Å². The minimum Gasteiger partial charge on any atom is -0.478 e. The first-order valence-corrected chi connectivity index (χ1v) is 20.6. The van der Waals surface area contributed by atoms with E-state index in [1.807, 2.05) is 34.6 Å². The third-order valence-corrected chi connectivity index (χ3v) is 9.57. The monoisotopic (exact) mass is 842 g/mol. The lowest BCUT2D eigenvalue weighted by Gasteiger charge is -2.33. The van der Waals surface area contributed by atoms with Crippen LogP contribution in [0.3, 0.4) is 0 Å². The van der Waals surface area contributed by atoms with E-state index < -0.39 is 23.5 Å². The molecule has 4 aromatic heterocycles. The molecule has 61 heavy (non-hydrogen) atoms. The smallest absolute Gasteiger partial charge is 0.407 e. The van der Waals surface area contributed by atoms with Gasteiger partial charge in [0.25, 0.3) is 11.8 Å². The number of hydrogen-bond donors (Lipinski definition) is 8. The number of carbonyl (C=O) groups is 3. The summed E-state index contributed by atoms with van der Waals surface area (Å²) in [7, 11) is 0. The number of primary amides is 2. The van der Waals surface area contributed by atoms with Crippen LogP contribution in [0.5, 0.6) is 11.8 Å². The van der Waals surface area contributed by atoms with Crippen LogP contribution in [0, 0.1) is 0 Å². The fourth-order valence-electron chi connectivity index (χ4n) is 6.83. The molecule has 11 N–H and O–H groups in total. The van der Waals surface area contributed by atoms with Gasteiger partial charge in [-0.15, -0.1) is 20.4 Å². The van der Waals surface area contributed by atoms with Gasteiger partial charge in [-0.25, -0.2) is 4.79 Å². The summed E-state index contributed by atoms with van der Waals surface area (Å²) in [6.45, 7) is 10.2. The van der Waals surface area contributed by atoms with Crippen LogP contribution in [0.4, 0.5) is 39.4 Å². The number of nitrogens with one attached hydrogen (secondary N) is 5. The molecule has 0 bridgehead atoms. The largest absolute Gasteiger partial charge is 0.478 e. The Hall–Kier alpha value is -6.57. The van der Waals surface area contributed by atoms with Gasteiger partial charge in [0.15, 0.2) is 23.0 Å². The van der Waals surface area contributed by atoms with E-state index in [4.69, 9.17) is 31.4 Å². The highest BCUT2D eigenvalue weighted by Gasteiger charge is 2.29. The Morgan fingerprint density at radius 3 is 1.57 bits per heavy atom. The number of nitrogens with two attached hydrogens (primary N) is 3. The van der Waals surface area contributed by atoms with Gasteiger partial charge in [0.05, 0.1) is 30.6 Å². The van der Waals surface area contributed by atoms with Crippen molar-refractivity contribution in [2.24, 2.45) is 17.2 Å². The molecular weight excluding hydrogens is 785 g/mol. The Morgan fingerprint density at radius 2 is 1.11 bits per heavy atom. The van der Waals surface area contributed by atoms with Crippen molar-refractivity contribution in [2.75, 3.05) is 34.5 Å². The van der Waals surface area contributed by atoms with Crippen LogP contribution in [0.2, 0.25) is 0 Å². The molecule has 0 aromatic carbocycles. The minimum atomic E-state index is -0.718. The van der Waals surface area contributed by atoms with Crippen molar-refractivity contribution in [1.29, 1.82) is 0 Å². The molecule has 2 aliphatic carbocycles. The first kappa shape index (κ1) is 45.5. The highest BCUT2D eigenvalue weighted by atomic mass is 16.6. The topological polar surface area (TPSA) is 294 Å². The molecule has 0 radical (unpaired) electrons. The number of alkyl carbamates (subject to hydrolysis) is 1. The van der Waals surface area contributed by atoms with E-state index in [2.05, 4.69) is 56.9 Å². The zero-order chi connectivity index (χ0) is 43.9. The fourth-order valence-corrected chi connectivity index (χ4v) is 6.83. The van der Waals surface area contributed by atoms with Crippen LogP contribution in [0.25, 0.3) is 0 Å². The number of aromatic nitrogens is 6. The van der Waals surface area contributed by atoms with Gasteiger partial charge in [-0.2, -0.15) is 9.97 Å². The lowest BCUT2D eigenvalue weighted by atomic mass is 9.90. The first-order chi connectivity index (χ1) is 29.2. The molecule has 2 fully saturated rings. The molecule has 4 atom stereocenters. The Balaban J connectivity index is 0.000000237. The van der Waals surface area contributed by atoms with E-state index in [9.17, 15) is 14.4 Å². The number of carbonyl (C=O) groups excluding carboxylic acids is 3. The number of anilines is 6. The summed E-state index contributed by atoms with van der Waals surface area (Å²) in [5.41, 5.74) is 17.4. The third kappa shape index (κ3) is 14.0. The standard InChI is InChI=1S/C23H33N7O4.C18H25N7O2/c1-5-33-19-12-8-11-17(28-19)26-16-13-18(29-30-20(16)21(24)31)25-14-9-6-7-10-15(14)27-22(32)34-23(2,3)4;1-2-27-16-9-5-8-14(23-16)22-13-10-15(24-25-17(13)18(20)26)21-12-7-4-3-6-11(12)19/h8,11-15H,5-7,9-10H2,1-4H3,(H2,24,31)(H,27,32)(H2,25,26,28,29);5,8-12H,2-4,6-7,19H2,1H3,(H2,20,26)(H2,21,22,23,24)/t14-,15+;11-,12+/m10/s1. The summed E-state index contributed by atoms with van der Waals surface area (Å²) in [6.07, 6.45) is 7.41. The maximum atomic E-state index is 12.3. The van der Waals surface area contributed by atoms with Crippen LogP contribution >= 0.6 is 0 Å². The highest BCUT2D eigenvalue weighted by molar-refractivity contribution is 5.98. The van der Waals surface area contributed by atoms with Crippen LogP contribution in [0.1, 0.15) is 107 Å². The Morgan fingerprint density at radius 1 is 0.656 bits per heavy atom. The van der Waals surface area contributed by atoms with E-state index in [1.54, 1.807) is 48.5 Å². The molecule has 20 nitrogen and oxygen atoms in total. The molecule has 0 unspecified atom stereocenters. The summed E-state index contributed by atoms with van der Waals surface area (Å²) in [5.74, 6) is 1.49. The van der Waals surface area contributed by atoms with Crippen LogP contribution in [-0.4, -0.2) is 91.3 Å². The Kier molecular flexibility index (Phi) is 16.1. The van der Waals surface area contributed by atoms with E-state index in [0.29, 0.717) is 59.6 Å². The maximum Gasteiger partial charge on any atom is 0.407 e. The maximum absolute atomic E-state index is 12.3. The average molecular weight is 843 g/mol. The molecule has 0 saturated heterocycles. The summed E-state index contributed by atoms with van der Waals surface area (Å²) < 4.78 is 16.2. The van der Waals surface area contributed by atoms with Crippen molar-refractivity contribution in [2.45, 2.75) is 116 Å². The van der Waals surface area contributed by atoms with Gasteiger partial charge in [-0.3, -0.25) is 9.59 Å². The van der Waals surface area contributed by atoms with Gasteiger partial charge in [-0.05, 0) is 72.4 Å². The van der Waals surface area contributed by atoms with Gasteiger partial charge in [0, 0.05) is 42.4 Å². The molecule has 4 heterocycles. The van der Waals surface area contributed by atoms with Crippen molar-refractivity contribution < 1.29 is 28.6 Å². The zero-order valence-electron chi connectivity index (χ0n) is 35.4. The predicted octanol–water partition coefficient (Wildman–Crippen LogP) is 5.16. The molecule has 6 rings (SSSR count). The molecule has 3 amide bonds. The van der Waals surface area contributed by atoms with E-state index >= 15 is 0 Å². The molecule has 0 aliphatic heterocycles. The van der Waals surface area contributed by atoms with Gasteiger partial charge in [-0.1, -0.05) is 37.8 Å². The fraction of sp³-hybridized carbons (Fsp3) is 0.488. The second kappa shape index (κ2) is 21.6. The number of hydrogen-bond acceptors (Lipinski definition) is 17. The lowest BCUT2D eigenvalue weighted by Crippen LogP contribution is -2.49. The summed E-state index contributed by atoms with van der Waals surface area (Å²) in [4.78, 5) is 44.7. The molecule has 2 aliphatic rings. The van der Waals surface area contributed by atoms with Gasteiger partial charge in [0.2, 0.25) is 11.8 Å². The lowest BCUT2D eigenvalue weighted by molar-refractivity contribution is 0.0488. The number of nitrogens with zero attached hydrogens (tertiary/aromatic N) is 6. The molecule has 4 aromatic rings. The minimum absolute atomic E-state index is 0.0127. The Labute approximate surface area is 355 Å². The SMILES string of the molecule is CCOc1cccc(Nc2cc(N[C@@H]3CCCC[C@@H]3N)nnc2C(N)=O)n1.CCOc1cccc(Nc2cc(N[C@@H]3CCCC[C@@H]3NC(=O)OC(C)(C)C)nnc2C(N)=O)n1. The first-order valence-electron chi connectivity index (χ1n) is 20.6. The molecule has 2 saturated carbocycles. The molecule has 328 valence electrons. The van der Waals surface area contributed by atoms with Gasteiger partial charge >= 0.3 is 6.09 Å². The van der Waals surface area contributed by atoms with Crippen molar-refractivity contribution in [3.63, 3.8) is 0 Å². The summed E-state index contributed by atoms with van der Waals surface area (Å²) in [6, 6.07) is 13.9. The van der Waals surface area contributed by atoms with E-state index in [0.717, 1.165) is 51.4 Å². The van der Waals surface area contributed by atoms with Crippen LogP contribution in [0.15, 0.2) is 48.5 Å². The second-order valence-electron chi connectivity index (χ2n) is 15.5. The second-order valence-corrected chi connectivity index (χ2v) is 15.5. The normalized spacial score (nSPS) is 18.6. The number of pyridine rings is 2. The molecule has 20 heteroatoms. The summed E-state index contributed by atoms with van der Waals surface area (Å²) >= 11 is 0. The number of ether oxygens (including phenoxy) is 3. The number of amides is 3. The van der Waals surface area contributed by atoms with Gasteiger partial charge < -0.3 is 58.0 Å². The highest BCUT2D eigenvalue weighted by Crippen LogP contribution is 2.27.